The van der Waals surface area contributed by atoms with E-state index in [9.17, 15) is 9.18 Å². The van der Waals surface area contributed by atoms with E-state index in [-0.39, 0.29) is 17.3 Å². The van der Waals surface area contributed by atoms with Crippen LogP contribution in [0.25, 0.3) is 0 Å². The van der Waals surface area contributed by atoms with Crippen molar-refractivity contribution < 1.29 is 14.3 Å². The zero-order chi connectivity index (χ0) is 14.5. The second-order valence-corrected chi connectivity index (χ2v) is 4.47. The molecule has 0 aliphatic rings. The summed E-state index contributed by atoms with van der Waals surface area (Å²) in [6.45, 7) is 0.0657. The first-order valence-electron chi connectivity index (χ1n) is 5.92. The van der Waals surface area contributed by atoms with Gasteiger partial charge in [-0.1, -0.05) is 23.7 Å². The van der Waals surface area contributed by atoms with E-state index in [0.717, 1.165) is 17.8 Å². The quantitative estimate of drug-likeness (QED) is 0.852. The molecule has 0 fully saturated rings. The molecule has 1 aromatic heterocycles. The van der Waals surface area contributed by atoms with Gasteiger partial charge in [-0.3, -0.25) is 4.79 Å². The van der Waals surface area contributed by atoms with Crippen molar-refractivity contribution >= 4 is 23.2 Å². The minimum Gasteiger partial charge on any atom is -0.396 e. The average Bonchev–Trinajstić information content (AvgIpc) is 2.44. The molecule has 0 radical (unpaired) electrons. The Balaban J connectivity index is 2.13. The van der Waals surface area contributed by atoms with E-state index >= 15 is 0 Å². The molecule has 1 heterocycles. The summed E-state index contributed by atoms with van der Waals surface area (Å²) in [4.78, 5) is 15.5. The first-order chi connectivity index (χ1) is 9.60. The Morgan fingerprint density at radius 3 is 2.70 bits per heavy atom. The molecule has 2 N–H and O–H groups in total. The molecule has 1 aromatic carbocycles. The van der Waals surface area contributed by atoms with Crippen molar-refractivity contribution in [2.45, 2.75) is 6.42 Å². The lowest BCUT2D eigenvalue weighted by molar-refractivity contribution is 0.102. The molecule has 4 nitrogen and oxygen atoms in total. The highest BCUT2D eigenvalue weighted by Crippen LogP contribution is 2.17. The lowest BCUT2D eigenvalue weighted by atomic mass is 10.1. The Morgan fingerprint density at radius 2 is 2.05 bits per heavy atom. The fourth-order valence-corrected chi connectivity index (χ4v) is 1.85. The second-order valence-electron chi connectivity index (χ2n) is 4.12. The molecular formula is C14H12ClFN2O2. The Labute approximate surface area is 120 Å². The van der Waals surface area contributed by atoms with Crippen molar-refractivity contribution in [2.75, 3.05) is 11.9 Å². The van der Waals surface area contributed by atoms with Gasteiger partial charge < -0.3 is 10.4 Å². The van der Waals surface area contributed by atoms with Gasteiger partial charge in [0.05, 0.1) is 11.8 Å². The van der Waals surface area contributed by atoms with E-state index in [0.29, 0.717) is 12.1 Å². The predicted molar refractivity (Wildman–Crippen MR) is 74.4 cm³/mol. The van der Waals surface area contributed by atoms with Gasteiger partial charge in [-0.25, -0.2) is 9.37 Å². The molecule has 0 unspecified atom stereocenters. The van der Waals surface area contributed by atoms with Gasteiger partial charge in [0.2, 0.25) is 0 Å². The van der Waals surface area contributed by atoms with Gasteiger partial charge in [-0.2, -0.15) is 0 Å². The summed E-state index contributed by atoms with van der Waals surface area (Å²) in [5.41, 5.74) is 1.49. The zero-order valence-corrected chi connectivity index (χ0v) is 11.2. The van der Waals surface area contributed by atoms with Crippen LogP contribution in [0.5, 0.6) is 0 Å². The smallest absolute Gasteiger partial charge is 0.258 e. The van der Waals surface area contributed by atoms with Crippen molar-refractivity contribution in [1.82, 2.24) is 4.98 Å². The Kier molecular flexibility index (Phi) is 4.65. The van der Waals surface area contributed by atoms with Gasteiger partial charge in [0.1, 0.15) is 11.0 Å². The van der Waals surface area contributed by atoms with E-state index in [1.165, 1.54) is 0 Å². The van der Waals surface area contributed by atoms with E-state index in [2.05, 4.69) is 10.3 Å². The Morgan fingerprint density at radius 1 is 1.35 bits per heavy atom. The molecule has 0 bridgehead atoms. The molecule has 104 valence electrons. The molecule has 2 rings (SSSR count). The highest BCUT2D eigenvalue weighted by molar-refractivity contribution is 6.33. The number of hydrogen-bond acceptors (Lipinski definition) is 3. The average molecular weight is 295 g/mol. The number of carbonyl (C=O) groups excluding carboxylic acids is 1. The highest BCUT2D eigenvalue weighted by atomic mass is 35.5. The fraction of sp³-hybridized carbons (Fsp3) is 0.143. The van der Waals surface area contributed by atoms with Crippen molar-refractivity contribution in [1.29, 1.82) is 0 Å². The van der Waals surface area contributed by atoms with Crippen LogP contribution in [0.15, 0.2) is 36.5 Å². The molecule has 0 saturated carbocycles. The number of carbonyl (C=O) groups is 1. The van der Waals surface area contributed by atoms with Crippen LogP contribution < -0.4 is 5.32 Å². The number of anilines is 1. The van der Waals surface area contributed by atoms with E-state index in [1.54, 1.807) is 24.3 Å². The number of aromatic nitrogens is 1. The molecule has 0 aliphatic heterocycles. The number of aliphatic hydroxyl groups is 1. The first-order valence-corrected chi connectivity index (χ1v) is 6.30. The van der Waals surface area contributed by atoms with Crippen molar-refractivity contribution in [3.05, 3.63) is 58.6 Å². The monoisotopic (exact) mass is 294 g/mol. The van der Waals surface area contributed by atoms with Crippen LogP contribution in [0, 0.1) is 5.82 Å². The number of nitrogens with zero attached hydrogens (tertiary/aromatic N) is 1. The molecule has 0 spiro atoms. The van der Waals surface area contributed by atoms with Crippen molar-refractivity contribution in [2.24, 2.45) is 0 Å². The van der Waals surface area contributed by atoms with Crippen LogP contribution in [-0.4, -0.2) is 22.6 Å². The molecule has 6 heteroatoms. The maximum absolute atomic E-state index is 13.1. The number of amides is 1. The summed E-state index contributed by atoms with van der Waals surface area (Å²) >= 11 is 5.76. The summed E-state index contributed by atoms with van der Waals surface area (Å²) in [5.74, 6) is -1.16. The largest absolute Gasteiger partial charge is 0.396 e. The predicted octanol–water partition coefficient (Wildman–Crippen LogP) is 2.66. The summed E-state index contributed by atoms with van der Waals surface area (Å²) in [6, 6.07) is 8.01. The Hall–Kier alpha value is -1.98. The Bertz CT molecular complexity index is 617. The van der Waals surface area contributed by atoms with Gasteiger partial charge in [0.15, 0.2) is 0 Å². The van der Waals surface area contributed by atoms with Crippen LogP contribution in [0.2, 0.25) is 5.15 Å². The van der Waals surface area contributed by atoms with Crippen LogP contribution in [0.4, 0.5) is 10.1 Å². The maximum Gasteiger partial charge on any atom is 0.258 e. The van der Waals surface area contributed by atoms with Crippen LogP contribution in [0.3, 0.4) is 0 Å². The first kappa shape index (κ1) is 14.4. The molecule has 1 amide bonds. The fourth-order valence-electron chi connectivity index (χ4n) is 1.66. The number of halogens is 2. The minimum absolute atomic E-state index is 0.0221. The molecule has 0 saturated heterocycles. The lowest BCUT2D eigenvalue weighted by Gasteiger charge is -2.07. The van der Waals surface area contributed by atoms with E-state index in [1.807, 2.05) is 0 Å². The number of nitrogens with one attached hydrogen (secondary N) is 1. The number of pyridine rings is 1. The lowest BCUT2D eigenvalue weighted by Crippen LogP contribution is -2.13. The van der Waals surface area contributed by atoms with Crippen molar-refractivity contribution in [3.8, 4) is 0 Å². The second kappa shape index (κ2) is 6.45. The van der Waals surface area contributed by atoms with E-state index < -0.39 is 11.7 Å². The molecule has 20 heavy (non-hydrogen) atoms. The van der Waals surface area contributed by atoms with Gasteiger partial charge in [-0.05, 0) is 30.2 Å². The topological polar surface area (TPSA) is 62.2 Å². The van der Waals surface area contributed by atoms with E-state index in [4.69, 9.17) is 16.7 Å². The summed E-state index contributed by atoms with van der Waals surface area (Å²) in [7, 11) is 0. The summed E-state index contributed by atoms with van der Waals surface area (Å²) in [5, 5.41) is 11.4. The van der Waals surface area contributed by atoms with Crippen LogP contribution in [-0.2, 0) is 6.42 Å². The summed E-state index contributed by atoms with van der Waals surface area (Å²) < 4.78 is 13.1. The minimum atomic E-state index is -0.627. The zero-order valence-electron chi connectivity index (χ0n) is 10.4. The van der Waals surface area contributed by atoms with Gasteiger partial charge >= 0.3 is 0 Å². The van der Waals surface area contributed by atoms with Crippen LogP contribution >= 0.6 is 11.6 Å². The summed E-state index contributed by atoms with van der Waals surface area (Å²) in [6.07, 6.45) is 1.50. The molecule has 2 aromatic rings. The molecule has 0 aliphatic carbocycles. The SMILES string of the molecule is O=C(Nc1ccc(CCO)cc1)c1cc(F)cnc1Cl. The van der Waals surface area contributed by atoms with Crippen molar-refractivity contribution in [3.63, 3.8) is 0 Å². The van der Waals surface area contributed by atoms with Crippen LogP contribution in [0.1, 0.15) is 15.9 Å². The number of aliphatic hydroxyl groups excluding tert-OH is 1. The third kappa shape index (κ3) is 3.53. The molecule has 0 atom stereocenters. The highest BCUT2D eigenvalue weighted by Gasteiger charge is 2.12. The third-order valence-electron chi connectivity index (χ3n) is 2.66. The normalized spacial score (nSPS) is 10.3. The standard InChI is InChI=1S/C14H12ClFN2O2/c15-13-12(7-10(16)8-17-13)14(20)18-11-3-1-9(2-4-11)5-6-19/h1-4,7-8,19H,5-6H2,(H,18,20). The molecular weight excluding hydrogens is 283 g/mol. The number of rotatable bonds is 4. The van der Waals surface area contributed by atoms with Gasteiger partial charge in [0.25, 0.3) is 5.91 Å². The van der Waals surface area contributed by atoms with Gasteiger partial charge in [0, 0.05) is 12.3 Å². The number of hydrogen-bond donors (Lipinski definition) is 2. The maximum atomic E-state index is 13.1. The number of benzene rings is 1. The van der Waals surface area contributed by atoms with Gasteiger partial charge in [-0.15, -0.1) is 0 Å². The third-order valence-corrected chi connectivity index (χ3v) is 2.96.